The SMILES string of the molecule is O=C(NCc1ccc(N2CC=CC2)cc1)NCC(O)c1ccco1. The van der Waals surface area contributed by atoms with E-state index in [1.165, 1.54) is 12.0 Å². The number of nitrogens with one attached hydrogen (secondary N) is 2. The third-order valence-electron chi connectivity index (χ3n) is 3.90. The quantitative estimate of drug-likeness (QED) is 0.711. The number of amides is 2. The summed E-state index contributed by atoms with van der Waals surface area (Å²) in [6.07, 6.45) is 4.94. The molecule has 0 aliphatic carbocycles. The lowest BCUT2D eigenvalue weighted by atomic mass is 10.2. The van der Waals surface area contributed by atoms with Crippen molar-refractivity contribution in [1.29, 1.82) is 0 Å². The van der Waals surface area contributed by atoms with Gasteiger partial charge < -0.3 is 25.1 Å². The van der Waals surface area contributed by atoms with Crippen LogP contribution in [0.2, 0.25) is 0 Å². The standard InChI is InChI=1S/C18H21N3O3/c22-16(17-4-3-11-24-17)13-20-18(23)19-12-14-5-7-15(8-6-14)21-9-1-2-10-21/h1-8,11,16,22H,9-10,12-13H2,(H2,19,20,23). The van der Waals surface area contributed by atoms with E-state index < -0.39 is 6.10 Å². The molecule has 1 aliphatic rings. The Morgan fingerprint density at radius 3 is 2.58 bits per heavy atom. The van der Waals surface area contributed by atoms with Crippen molar-refractivity contribution in [2.24, 2.45) is 0 Å². The zero-order valence-electron chi connectivity index (χ0n) is 13.3. The van der Waals surface area contributed by atoms with Gasteiger partial charge in [-0.25, -0.2) is 4.79 Å². The Kier molecular flexibility index (Phi) is 5.18. The predicted octanol–water partition coefficient (Wildman–Crippen LogP) is 2.19. The van der Waals surface area contributed by atoms with E-state index in [0.29, 0.717) is 12.3 Å². The molecule has 0 saturated carbocycles. The molecule has 2 heterocycles. The number of hydrogen-bond donors (Lipinski definition) is 3. The minimum Gasteiger partial charge on any atom is -0.467 e. The topological polar surface area (TPSA) is 77.7 Å². The first-order valence-electron chi connectivity index (χ1n) is 7.94. The Morgan fingerprint density at radius 1 is 1.17 bits per heavy atom. The van der Waals surface area contributed by atoms with Crippen LogP contribution in [0.4, 0.5) is 10.5 Å². The van der Waals surface area contributed by atoms with E-state index >= 15 is 0 Å². The van der Waals surface area contributed by atoms with Crippen LogP contribution in [-0.2, 0) is 6.54 Å². The summed E-state index contributed by atoms with van der Waals surface area (Å²) >= 11 is 0. The first-order valence-corrected chi connectivity index (χ1v) is 7.94. The van der Waals surface area contributed by atoms with Gasteiger partial charge in [-0.3, -0.25) is 0 Å². The molecule has 3 rings (SSSR count). The van der Waals surface area contributed by atoms with Crippen molar-refractivity contribution >= 4 is 11.7 Å². The molecule has 1 aliphatic heterocycles. The molecule has 1 unspecified atom stereocenters. The fourth-order valence-electron chi connectivity index (χ4n) is 2.53. The number of carbonyl (C=O) groups excluding carboxylic acids is 1. The van der Waals surface area contributed by atoms with Gasteiger partial charge >= 0.3 is 6.03 Å². The minimum absolute atomic E-state index is 0.0975. The number of anilines is 1. The monoisotopic (exact) mass is 327 g/mol. The summed E-state index contributed by atoms with van der Waals surface area (Å²) in [5.41, 5.74) is 2.20. The van der Waals surface area contributed by atoms with E-state index in [2.05, 4.69) is 39.8 Å². The number of urea groups is 1. The van der Waals surface area contributed by atoms with Crippen LogP contribution < -0.4 is 15.5 Å². The highest BCUT2D eigenvalue weighted by atomic mass is 16.4. The molecule has 0 radical (unpaired) electrons. The Hall–Kier alpha value is -2.73. The Labute approximate surface area is 140 Å². The van der Waals surface area contributed by atoms with Gasteiger partial charge in [-0.1, -0.05) is 24.3 Å². The Balaban J connectivity index is 1.41. The number of benzene rings is 1. The maximum atomic E-state index is 11.8. The molecule has 126 valence electrons. The molecule has 0 saturated heterocycles. The zero-order chi connectivity index (χ0) is 16.8. The van der Waals surface area contributed by atoms with Gasteiger partial charge in [0, 0.05) is 25.3 Å². The van der Waals surface area contributed by atoms with Crippen LogP contribution in [-0.4, -0.2) is 30.8 Å². The van der Waals surface area contributed by atoms with Crippen molar-refractivity contribution in [1.82, 2.24) is 10.6 Å². The van der Waals surface area contributed by atoms with Crippen LogP contribution >= 0.6 is 0 Å². The normalized spacial score (nSPS) is 14.6. The summed E-state index contributed by atoms with van der Waals surface area (Å²) in [6.45, 7) is 2.41. The summed E-state index contributed by atoms with van der Waals surface area (Å²) in [7, 11) is 0. The average molecular weight is 327 g/mol. The first kappa shape index (κ1) is 16.1. The van der Waals surface area contributed by atoms with Gasteiger partial charge in [0.1, 0.15) is 11.9 Å². The molecule has 0 bridgehead atoms. The molecule has 1 aromatic carbocycles. The van der Waals surface area contributed by atoms with E-state index in [1.54, 1.807) is 12.1 Å². The molecule has 0 spiro atoms. The van der Waals surface area contributed by atoms with E-state index in [9.17, 15) is 9.90 Å². The van der Waals surface area contributed by atoms with Crippen LogP contribution in [0.25, 0.3) is 0 Å². The number of carbonyl (C=O) groups is 1. The molecule has 2 aromatic rings. The fraction of sp³-hybridized carbons (Fsp3) is 0.278. The zero-order valence-corrected chi connectivity index (χ0v) is 13.3. The number of aliphatic hydroxyl groups excluding tert-OH is 1. The molecule has 1 aromatic heterocycles. The summed E-state index contributed by atoms with van der Waals surface area (Å²) < 4.78 is 5.08. The van der Waals surface area contributed by atoms with Gasteiger partial charge in [0.2, 0.25) is 0 Å². The Morgan fingerprint density at radius 2 is 1.92 bits per heavy atom. The number of aliphatic hydroxyl groups is 1. The van der Waals surface area contributed by atoms with Crippen molar-refractivity contribution in [2.45, 2.75) is 12.6 Å². The minimum atomic E-state index is -0.848. The largest absolute Gasteiger partial charge is 0.467 e. The average Bonchev–Trinajstić information content (AvgIpc) is 3.31. The fourth-order valence-corrected chi connectivity index (χ4v) is 2.53. The molecule has 2 amide bonds. The number of hydrogen-bond acceptors (Lipinski definition) is 4. The summed E-state index contributed by atoms with van der Waals surface area (Å²) in [5, 5.41) is 15.2. The molecule has 6 nitrogen and oxygen atoms in total. The second-order valence-electron chi connectivity index (χ2n) is 5.64. The summed E-state index contributed by atoms with van der Waals surface area (Å²) in [6, 6.07) is 11.2. The van der Waals surface area contributed by atoms with Crippen LogP contribution in [0.3, 0.4) is 0 Å². The third-order valence-corrected chi connectivity index (χ3v) is 3.90. The smallest absolute Gasteiger partial charge is 0.315 e. The number of rotatable bonds is 6. The van der Waals surface area contributed by atoms with Crippen LogP contribution in [0.5, 0.6) is 0 Å². The molecular weight excluding hydrogens is 306 g/mol. The second-order valence-corrected chi connectivity index (χ2v) is 5.64. The van der Waals surface area contributed by atoms with E-state index in [4.69, 9.17) is 4.42 Å². The highest BCUT2D eigenvalue weighted by Gasteiger charge is 2.12. The second kappa shape index (κ2) is 7.70. The maximum Gasteiger partial charge on any atom is 0.315 e. The summed E-state index contributed by atoms with van der Waals surface area (Å²) in [4.78, 5) is 14.0. The van der Waals surface area contributed by atoms with Crippen molar-refractivity contribution in [3.63, 3.8) is 0 Å². The third kappa shape index (κ3) is 4.17. The highest BCUT2D eigenvalue weighted by molar-refractivity contribution is 5.73. The van der Waals surface area contributed by atoms with Crippen molar-refractivity contribution in [2.75, 3.05) is 24.5 Å². The summed E-state index contributed by atoms with van der Waals surface area (Å²) in [5.74, 6) is 0.433. The van der Waals surface area contributed by atoms with Gasteiger partial charge in [-0.05, 0) is 29.8 Å². The molecule has 24 heavy (non-hydrogen) atoms. The van der Waals surface area contributed by atoms with Gasteiger partial charge in [0.15, 0.2) is 0 Å². The Bertz CT molecular complexity index is 672. The molecule has 6 heteroatoms. The highest BCUT2D eigenvalue weighted by Crippen LogP contribution is 2.17. The maximum absolute atomic E-state index is 11.8. The van der Waals surface area contributed by atoms with Crippen LogP contribution in [0.15, 0.2) is 59.2 Å². The molecular formula is C18H21N3O3. The lowest BCUT2D eigenvalue weighted by molar-refractivity contribution is 0.148. The van der Waals surface area contributed by atoms with Crippen molar-refractivity contribution in [3.05, 3.63) is 66.1 Å². The van der Waals surface area contributed by atoms with Crippen LogP contribution in [0.1, 0.15) is 17.4 Å². The molecule has 3 N–H and O–H groups in total. The number of furan rings is 1. The molecule has 0 fully saturated rings. The van der Waals surface area contributed by atoms with Crippen molar-refractivity contribution in [3.8, 4) is 0 Å². The van der Waals surface area contributed by atoms with Crippen molar-refractivity contribution < 1.29 is 14.3 Å². The van der Waals surface area contributed by atoms with Gasteiger partial charge in [-0.2, -0.15) is 0 Å². The van der Waals surface area contributed by atoms with E-state index in [1.807, 2.05) is 12.1 Å². The first-order chi connectivity index (χ1) is 11.7. The van der Waals surface area contributed by atoms with Gasteiger partial charge in [0.05, 0.1) is 12.8 Å². The van der Waals surface area contributed by atoms with Crippen LogP contribution in [0, 0.1) is 0 Å². The number of nitrogens with zero attached hydrogens (tertiary/aromatic N) is 1. The molecule has 1 atom stereocenters. The van der Waals surface area contributed by atoms with Gasteiger partial charge in [0.25, 0.3) is 0 Å². The lowest BCUT2D eigenvalue weighted by Gasteiger charge is -2.18. The predicted molar refractivity (Wildman–Crippen MR) is 91.7 cm³/mol. The van der Waals surface area contributed by atoms with E-state index in [-0.39, 0.29) is 12.6 Å². The lowest BCUT2D eigenvalue weighted by Crippen LogP contribution is -2.37. The van der Waals surface area contributed by atoms with E-state index in [0.717, 1.165) is 18.7 Å². The van der Waals surface area contributed by atoms with Gasteiger partial charge in [-0.15, -0.1) is 0 Å².